The number of rotatable bonds is 6. The molecule has 1 fully saturated rings. The molecule has 1 aromatic heterocycles. The Kier molecular flexibility index (Phi) is 4.46. The van der Waals surface area contributed by atoms with Crippen LogP contribution in [0.5, 0.6) is 5.88 Å². The number of nitrogens with zero attached hydrogens (tertiary/aromatic N) is 3. The van der Waals surface area contributed by atoms with Crippen LogP contribution in [0.3, 0.4) is 0 Å². The monoisotopic (exact) mass is 251 g/mol. The normalized spacial score (nSPS) is 15.8. The lowest BCUT2D eigenvalue weighted by Gasteiger charge is -2.14. The van der Waals surface area contributed by atoms with E-state index in [0.29, 0.717) is 6.61 Å². The summed E-state index contributed by atoms with van der Waals surface area (Å²) in [6.45, 7) is 3.77. The molecule has 1 aliphatic rings. The Bertz CT molecular complexity index is 405. The number of likely N-dealkylation sites (tertiary alicyclic amines) is 1. The number of aromatic nitrogens is 1. The van der Waals surface area contributed by atoms with E-state index in [2.05, 4.69) is 9.88 Å². The number of pyridine rings is 1. The van der Waals surface area contributed by atoms with Gasteiger partial charge in [-0.2, -0.15) is 0 Å². The highest BCUT2D eigenvalue weighted by molar-refractivity contribution is 5.39. The molecule has 98 valence electrons. The first-order chi connectivity index (χ1) is 8.77. The van der Waals surface area contributed by atoms with Gasteiger partial charge in [-0.15, -0.1) is 0 Å². The zero-order chi connectivity index (χ0) is 12.8. The van der Waals surface area contributed by atoms with Crippen molar-refractivity contribution in [2.24, 2.45) is 0 Å². The summed E-state index contributed by atoms with van der Waals surface area (Å²) in [5, 5.41) is 10.7. The highest BCUT2D eigenvalue weighted by atomic mass is 16.6. The Labute approximate surface area is 106 Å². The van der Waals surface area contributed by atoms with E-state index in [0.717, 1.165) is 26.1 Å². The topological polar surface area (TPSA) is 68.5 Å². The van der Waals surface area contributed by atoms with Crippen molar-refractivity contribution >= 4 is 5.69 Å². The van der Waals surface area contributed by atoms with Crippen LogP contribution in [0, 0.1) is 10.1 Å². The quantitative estimate of drug-likeness (QED) is 0.438. The molecule has 0 bridgehead atoms. The predicted octanol–water partition coefficient (Wildman–Crippen LogP) is 1.85. The first kappa shape index (κ1) is 12.8. The fourth-order valence-corrected chi connectivity index (χ4v) is 2.10. The lowest BCUT2D eigenvalue weighted by atomic mass is 10.4. The summed E-state index contributed by atoms with van der Waals surface area (Å²) in [5.74, 6) is 0.115. The van der Waals surface area contributed by atoms with Crippen molar-refractivity contribution in [3.8, 4) is 5.88 Å². The Morgan fingerprint density at radius 2 is 2.22 bits per heavy atom. The minimum Gasteiger partial charge on any atom is -0.473 e. The second-order valence-corrected chi connectivity index (χ2v) is 4.34. The third-order valence-corrected chi connectivity index (χ3v) is 3.00. The molecule has 1 saturated heterocycles. The minimum absolute atomic E-state index is 0.0707. The van der Waals surface area contributed by atoms with Gasteiger partial charge in [0.05, 0.1) is 11.5 Å². The smallest absolute Gasteiger partial charge is 0.330 e. The van der Waals surface area contributed by atoms with Gasteiger partial charge in [0, 0.05) is 18.8 Å². The first-order valence-corrected chi connectivity index (χ1v) is 6.22. The molecule has 18 heavy (non-hydrogen) atoms. The third kappa shape index (κ3) is 3.40. The van der Waals surface area contributed by atoms with Gasteiger partial charge >= 0.3 is 5.69 Å². The van der Waals surface area contributed by atoms with Crippen LogP contribution in [0.4, 0.5) is 5.69 Å². The first-order valence-electron chi connectivity index (χ1n) is 6.22. The van der Waals surface area contributed by atoms with E-state index >= 15 is 0 Å². The summed E-state index contributed by atoms with van der Waals surface area (Å²) in [6, 6.07) is 2.94. The average Bonchev–Trinajstić information content (AvgIpc) is 2.88. The molecule has 1 aliphatic heterocycles. The predicted molar refractivity (Wildman–Crippen MR) is 66.7 cm³/mol. The summed E-state index contributed by atoms with van der Waals surface area (Å²) >= 11 is 0. The summed E-state index contributed by atoms with van der Waals surface area (Å²) in [6.07, 6.45) is 4.91. The van der Waals surface area contributed by atoms with Gasteiger partial charge in [0.1, 0.15) is 0 Å². The van der Waals surface area contributed by atoms with Crippen molar-refractivity contribution < 1.29 is 9.66 Å². The second kappa shape index (κ2) is 6.30. The molecule has 6 heteroatoms. The van der Waals surface area contributed by atoms with Crippen molar-refractivity contribution in [1.29, 1.82) is 0 Å². The van der Waals surface area contributed by atoms with Crippen molar-refractivity contribution in [2.75, 3.05) is 26.2 Å². The zero-order valence-electron chi connectivity index (χ0n) is 10.2. The van der Waals surface area contributed by atoms with Crippen molar-refractivity contribution in [3.63, 3.8) is 0 Å². The van der Waals surface area contributed by atoms with E-state index in [9.17, 15) is 10.1 Å². The molecular weight excluding hydrogens is 234 g/mol. The van der Waals surface area contributed by atoms with Crippen LogP contribution in [0.1, 0.15) is 19.3 Å². The molecule has 1 aromatic rings. The second-order valence-electron chi connectivity index (χ2n) is 4.34. The van der Waals surface area contributed by atoms with Gasteiger partial charge in [0.2, 0.25) is 0 Å². The molecule has 0 unspecified atom stereocenters. The number of hydrogen-bond acceptors (Lipinski definition) is 5. The van der Waals surface area contributed by atoms with Crippen molar-refractivity contribution in [3.05, 3.63) is 28.4 Å². The maximum absolute atomic E-state index is 10.7. The summed E-state index contributed by atoms with van der Waals surface area (Å²) < 4.78 is 5.38. The van der Waals surface area contributed by atoms with Gasteiger partial charge in [-0.3, -0.25) is 10.1 Å². The average molecular weight is 251 g/mol. The van der Waals surface area contributed by atoms with E-state index in [1.54, 1.807) is 0 Å². The van der Waals surface area contributed by atoms with Gasteiger partial charge in [0.15, 0.2) is 0 Å². The highest BCUT2D eigenvalue weighted by Crippen LogP contribution is 2.22. The molecule has 0 saturated carbocycles. The number of ether oxygens (including phenoxy) is 1. The largest absolute Gasteiger partial charge is 0.473 e. The third-order valence-electron chi connectivity index (χ3n) is 3.00. The molecule has 2 heterocycles. The van der Waals surface area contributed by atoms with Gasteiger partial charge in [0.25, 0.3) is 5.88 Å². The van der Waals surface area contributed by atoms with Crippen LogP contribution in [-0.4, -0.2) is 41.0 Å². The standard InChI is InChI=1S/C12H17N3O3/c16-15(17)11-5-3-6-13-12(11)18-10-4-9-14-7-1-2-8-14/h3,5-6H,1-2,4,7-10H2. The van der Waals surface area contributed by atoms with Crippen LogP contribution in [0.25, 0.3) is 0 Å². The Hall–Kier alpha value is -1.69. The van der Waals surface area contributed by atoms with Gasteiger partial charge in [-0.05, 0) is 38.4 Å². The van der Waals surface area contributed by atoms with E-state index in [4.69, 9.17) is 4.74 Å². The zero-order valence-corrected chi connectivity index (χ0v) is 10.2. The fourth-order valence-electron chi connectivity index (χ4n) is 2.10. The van der Waals surface area contributed by atoms with E-state index < -0.39 is 4.92 Å². The minimum atomic E-state index is -0.469. The van der Waals surface area contributed by atoms with Gasteiger partial charge in [-0.25, -0.2) is 4.98 Å². The Morgan fingerprint density at radius 3 is 2.94 bits per heavy atom. The lowest BCUT2D eigenvalue weighted by molar-refractivity contribution is -0.386. The molecule has 0 spiro atoms. The molecule has 0 atom stereocenters. The molecule has 0 aromatic carbocycles. The summed E-state index contributed by atoms with van der Waals surface area (Å²) in [4.78, 5) is 16.5. The fraction of sp³-hybridized carbons (Fsp3) is 0.583. The lowest BCUT2D eigenvalue weighted by Crippen LogP contribution is -2.22. The Balaban J connectivity index is 1.77. The Morgan fingerprint density at radius 1 is 1.44 bits per heavy atom. The number of nitro groups is 1. The van der Waals surface area contributed by atoms with Crippen LogP contribution in [0.2, 0.25) is 0 Å². The van der Waals surface area contributed by atoms with Crippen molar-refractivity contribution in [1.82, 2.24) is 9.88 Å². The summed E-state index contributed by atoms with van der Waals surface area (Å²) in [5.41, 5.74) is -0.0707. The summed E-state index contributed by atoms with van der Waals surface area (Å²) in [7, 11) is 0. The molecule has 2 rings (SSSR count). The van der Waals surface area contributed by atoms with Crippen LogP contribution < -0.4 is 4.74 Å². The van der Waals surface area contributed by atoms with Gasteiger partial charge in [-0.1, -0.05) is 0 Å². The van der Waals surface area contributed by atoms with Crippen molar-refractivity contribution in [2.45, 2.75) is 19.3 Å². The maximum Gasteiger partial charge on any atom is 0.330 e. The maximum atomic E-state index is 10.7. The number of hydrogen-bond donors (Lipinski definition) is 0. The van der Waals surface area contributed by atoms with Gasteiger partial charge < -0.3 is 9.64 Å². The SMILES string of the molecule is O=[N+]([O-])c1cccnc1OCCCN1CCCC1. The van der Waals surface area contributed by atoms with Crippen LogP contribution in [0.15, 0.2) is 18.3 Å². The molecule has 0 aliphatic carbocycles. The van der Waals surface area contributed by atoms with E-state index in [1.165, 1.54) is 31.2 Å². The van der Waals surface area contributed by atoms with Crippen LogP contribution in [-0.2, 0) is 0 Å². The van der Waals surface area contributed by atoms with Crippen LogP contribution >= 0.6 is 0 Å². The highest BCUT2D eigenvalue weighted by Gasteiger charge is 2.15. The molecule has 0 amide bonds. The molecular formula is C12H17N3O3. The molecule has 0 N–H and O–H groups in total. The van der Waals surface area contributed by atoms with E-state index in [-0.39, 0.29) is 11.6 Å². The molecule has 6 nitrogen and oxygen atoms in total. The van der Waals surface area contributed by atoms with E-state index in [1.807, 2.05) is 0 Å². The molecule has 0 radical (unpaired) electrons.